The fourth-order valence-electron chi connectivity index (χ4n) is 1.42. The van der Waals surface area contributed by atoms with Gasteiger partial charge in [0.15, 0.2) is 0 Å². The Balaban J connectivity index is 2.30. The molecule has 0 spiro atoms. The molecule has 2 N–H and O–H groups in total. The number of carbonyl (C=O) groups excluding carboxylic acids is 1. The van der Waals surface area contributed by atoms with Gasteiger partial charge in [0.05, 0.1) is 6.20 Å². The molecular formula is C11H9N5O2. The van der Waals surface area contributed by atoms with Crippen LogP contribution in [-0.2, 0) is 7.05 Å². The number of carbonyl (C=O) groups is 1. The van der Waals surface area contributed by atoms with E-state index in [-0.39, 0.29) is 22.6 Å². The molecule has 0 aliphatic heterocycles. The predicted molar refractivity (Wildman–Crippen MR) is 62.9 cm³/mol. The number of aryl methyl sites for hydroxylation is 1. The Hall–Kier alpha value is -2.88. The summed E-state index contributed by atoms with van der Waals surface area (Å²) in [6.07, 6.45) is 1.35. The van der Waals surface area contributed by atoms with Crippen LogP contribution in [0.15, 0.2) is 29.2 Å². The standard InChI is InChI=1S/C11H9N5O2/c1-16-10(7(5-12)6-13-16)15-11(18)8-3-2-4-9(17)14-8/h2-4,6H,1H3,(H,14,17)(H,15,18). The van der Waals surface area contributed by atoms with E-state index >= 15 is 0 Å². The first-order valence-electron chi connectivity index (χ1n) is 5.04. The summed E-state index contributed by atoms with van der Waals surface area (Å²) >= 11 is 0. The summed E-state index contributed by atoms with van der Waals surface area (Å²) in [6.45, 7) is 0. The quantitative estimate of drug-likeness (QED) is 0.787. The number of hydrogen-bond donors (Lipinski definition) is 2. The van der Waals surface area contributed by atoms with Gasteiger partial charge in [0.1, 0.15) is 23.1 Å². The van der Waals surface area contributed by atoms with E-state index in [1.165, 1.54) is 29.1 Å². The van der Waals surface area contributed by atoms with E-state index in [4.69, 9.17) is 5.26 Å². The van der Waals surface area contributed by atoms with E-state index in [0.29, 0.717) is 0 Å². The molecule has 1 amide bonds. The highest BCUT2D eigenvalue weighted by Gasteiger charge is 2.13. The maximum atomic E-state index is 11.9. The topological polar surface area (TPSA) is 104 Å². The van der Waals surface area contributed by atoms with Crippen molar-refractivity contribution in [1.29, 1.82) is 5.26 Å². The van der Waals surface area contributed by atoms with E-state index in [1.54, 1.807) is 7.05 Å². The third-order valence-corrected chi connectivity index (χ3v) is 2.30. The summed E-state index contributed by atoms with van der Waals surface area (Å²) in [5, 5.41) is 15.2. The lowest BCUT2D eigenvalue weighted by Gasteiger charge is -2.05. The van der Waals surface area contributed by atoms with Crippen molar-refractivity contribution in [3.8, 4) is 6.07 Å². The number of hydrogen-bond acceptors (Lipinski definition) is 4. The fourth-order valence-corrected chi connectivity index (χ4v) is 1.42. The molecule has 7 heteroatoms. The van der Waals surface area contributed by atoms with Gasteiger partial charge in [-0.25, -0.2) is 0 Å². The first-order valence-corrected chi connectivity index (χ1v) is 5.04. The van der Waals surface area contributed by atoms with Crippen molar-refractivity contribution >= 4 is 11.7 Å². The second-order valence-corrected chi connectivity index (χ2v) is 3.53. The van der Waals surface area contributed by atoms with E-state index in [1.807, 2.05) is 6.07 Å². The van der Waals surface area contributed by atoms with Gasteiger partial charge in [0.25, 0.3) is 5.91 Å². The number of aromatic nitrogens is 3. The molecule has 0 fully saturated rings. The van der Waals surface area contributed by atoms with Crippen molar-refractivity contribution in [3.05, 3.63) is 46.0 Å². The van der Waals surface area contributed by atoms with Crippen LogP contribution in [-0.4, -0.2) is 20.7 Å². The maximum Gasteiger partial charge on any atom is 0.273 e. The van der Waals surface area contributed by atoms with Gasteiger partial charge in [-0.1, -0.05) is 6.07 Å². The first kappa shape index (κ1) is 11.6. The summed E-state index contributed by atoms with van der Waals surface area (Å²) in [5.74, 6) is -0.222. The largest absolute Gasteiger partial charge is 0.318 e. The lowest BCUT2D eigenvalue weighted by atomic mass is 10.3. The zero-order chi connectivity index (χ0) is 13.1. The molecule has 0 saturated heterocycles. The van der Waals surface area contributed by atoms with E-state index in [0.717, 1.165) is 0 Å². The normalized spacial score (nSPS) is 9.78. The van der Waals surface area contributed by atoms with Gasteiger partial charge < -0.3 is 10.3 Å². The predicted octanol–water partition coefficient (Wildman–Crippen LogP) is 0.232. The Labute approximate surface area is 102 Å². The number of nitriles is 1. The van der Waals surface area contributed by atoms with E-state index in [9.17, 15) is 9.59 Å². The van der Waals surface area contributed by atoms with Crippen LogP contribution in [0, 0.1) is 11.3 Å². The van der Waals surface area contributed by atoms with Crippen molar-refractivity contribution in [3.63, 3.8) is 0 Å². The minimum atomic E-state index is -0.507. The molecule has 0 aliphatic rings. The minimum absolute atomic E-state index is 0.118. The number of anilines is 1. The molecule has 90 valence electrons. The van der Waals surface area contributed by atoms with Gasteiger partial charge in [-0.15, -0.1) is 0 Å². The molecule has 2 rings (SSSR count). The van der Waals surface area contributed by atoms with Crippen LogP contribution in [0.25, 0.3) is 0 Å². The second kappa shape index (κ2) is 4.55. The van der Waals surface area contributed by atoms with Gasteiger partial charge in [-0.05, 0) is 6.07 Å². The average Bonchev–Trinajstić information content (AvgIpc) is 2.70. The van der Waals surface area contributed by atoms with Crippen LogP contribution in [0.4, 0.5) is 5.82 Å². The molecule has 0 unspecified atom stereocenters. The smallest absolute Gasteiger partial charge is 0.273 e. The summed E-state index contributed by atoms with van der Waals surface area (Å²) < 4.78 is 1.37. The van der Waals surface area contributed by atoms with Crippen molar-refractivity contribution in [2.24, 2.45) is 7.05 Å². The van der Waals surface area contributed by atoms with E-state index < -0.39 is 5.91 Å². The SMILES string of the molecule is Cn1ncc(C#N)c1NC(=O)c1cccc(=O)[nH]1. The number of rotatable bonds is 2. The van der Waals surface area contributed by atoms with Crippen LogP contribution in [0.2, 0.25) is 0 Å². The molecule has 0 atom stereocenters. The number of amides is 1. The highest BCUT2D eigenvalue weighted by Crippen LogP contribution is 2.13. The molecule has 7 nitrogen and oxygen atoms in total. The lowest BCUT2D eigenvalue weighted by Crippen LogP contribution is -2.19. The number of nitrogens with one attached hydrogen (secondary N) is 2. The van der Waals surface area contributed by atoms with Gasteiger partial charge >= 0.3 is 0 Å². The number of aromatic amines is 1. The Bertz CT molecular complexity index is 692. The third-order valence-electron chi connectivity index (χ3n) is 2.30. The number of nitrogens with zero attached hydrogens (tertiary/aromatic N) is 3. The lowest BCUT2D eigenvalue weighted by molar-refractivity contribution is 0.102. The number of pyridine rings is 1. The Kier molecular flexibility index (Phi) is 2.93. The minimum Gasteiger partial charge on any atom is -0.318 e. The van der Waals surface area contributed by atoms with Crippen molar-refractivity contribution in [1.82, 2.24) is 14.8 Å². The molecule has 2 heterocycles. The second-order valence-electron chi connectivity index (χ2n) is 3.53. The zero-order valence-corrected chi connectivity index (χ0v) is 9.47. The Morgan fingerprint density at radius 2 is 2.33 bits per heavy atom. The molecule has 2 aromatic rings. The van der Waals surface area contributed by atoms with Crippen LogP contribution in [0.5, 0.6) is 0 Å². The fraction of sp³-hybridized carbons (Fsp3) is 0.0909. The van der Waals surface area contributed by atoms with Crippen LogP contribution in [0.1, 0.15) is 16.1 Å². The Morgan fingerprint density at radius 1 is 1.56 bits per heavy atom. The van der Waals surface area contributed by atoms with Crippen molar-refractivity contribution in [2.45, 2.75) is 0 Å². The molecule has 0 bridgehead atoms. The van der Waals surface area contributed by atoms with Gasteiger partial charge in [0.2, 0.25) is 5.56 Å². The van der Waals surface area contributed by atoms with Crippen LogP contribution < -0.4 is 10.9 Å². The molecule has 0 saturated carbocycles. The highest BCUT2D eigenvalue weighted by atomic mass is 16.2. The maximum absolute atomic E-state index is 11.9. The zero-order valence-electron chi connectivity index (χ0n) is 9.47. The molecular weight excluding hydrogens is 234 g/mol. The summed E-state index contributed by atoms with van der Waals surface area (Å²) in [7, 11) is 1.60. The van der Waals surface area contributed by atoms with Gasteiger partial charge in [0, 0.05) is 13.1 Å². The highest BCUT2D eigenvalue weighted by molar-refractivity contribution is 6.02. The van der Waals surface area contributed by atoms with Crippen LogP contribution >= 0.6 is 0 Å². The average molecular weight is 243 g/mol. The molecule has 0 aromatic carbocycles. The number of H-pyrrole nitrogens is 1. The third kappa shape index (κ3) is 2.12. The molecule has 2 aromatic heterocycles. The molecule has 0 aliphatic carbocycles. The van der Waals surface area contributed by atoms with Crippen molar-refractivity contribution in [2.75, 3.05) is 5.32 Å². The summed E-state index contributed by atoms with van der Waals surface area (Å²) in [6, 6.07) is 6.17. The van der Waals surface area contributed by atoms with Gasteiger partial charge in [-0.2, -0.15) is 10.4 Å². The molecule has 18 heavy (non-hydrogen) atoms. The summed E-state index contributed by atoms with van der Waals surface area (Å²) in [4.78, 5) is 25.3. The monoisotopic (exact) mass is 243 g/mol. The Morgan fingerprint density at radius 3 is 3.00 bits per heavy atom. The first-order chi connectivity index (χ1) is 8.61. The van der Waals surface area contributed by atoms with Crippen LogP contribution in [0.3, 0.4) is 0 Å². The van der Waals surface area contributed by atoms with Gasteiger partial charge in [-0.3, -0.25) is 14.3 Å². The van der Waals surface area contributed by atoms with Crippen molar-refractivity contribution < 1.29 is 4.79 Å². The van der Waals surface area contributed by atoms with E-state index in [2.05, 4.69) is 15.4 Å². The molecule has 0 radical (unpaired) electrons. The summed E-state index contributed by atoms with van der Waals surface area (Å²) in [5.41, 5.74) is 0.00452.